The SMILES string of the molecule is O=[N+]([O-])c1ccc(Cl)cc1NC1C2C3CCC(C3)C12. The van der Waals surface area contributed by atoms with Gasteiger partial charge in [0.2, 0.25) is 0 Å². The highest BCUT2D eigenvalue weighted by Gasteiger charge is 2.65. The lowest BCUT2D eigenvalue weighted by Gasteiger charge is -2.12. The zero-order valence-electron chi connectivity index (χ0n) is 10.4. The molecule has 4 nitrogen and oxygen atoms in total. The first-order valence-electron chi connectivity index (χ1n) is 6.85. The van der Waals surface area contributed by atoms with Crippen LogP contribution in [0.4, 0.5) is 11.4 Å². The highest BCUT2D eigenvalue weighted by molar-refractivity contribution is 6.31. The summed E-state index contributed by atoms with van der Waals surface area (Å²) < 4.78 is 0. The Morgan fingerprint density at radius 2 is 1.95 bits per heavy atom. The van der Waals surface area contributed by atoms with Crippen LogP contribution >= 0.6 is 11.6 Å². The summed E-state index contributed by atoms with van der Waals surface area (Å²) in [6, 6.07) is 5.17. The molecule has 1 aromatic carbocycles. The number of rotatable bonds is 3. The van der Waals surface area contributed by atoms with Gasteiger partial charge < -0.3 is 5.32 Å². The minimum atomic E-state index is -0.342. The number of nitrogens with zero attached hydrogens (tertiary/aromatic N) is 1. The van der Waals surface area contributed by atoms with E-state index in [9.17, 15) is 10.1 Å². The fourth-order valence-electron chi connectivity index (χ4n) is 4.48. The highest BCUT2D eigenvalue weighted by atomic mass is 35.5. The van der Waals surface area contributed by atoms with Crippen molar-refractivity contribution in [2.75, 3.05) is 5.32 Å². The molecule has 0 saturated heterocycles. The largest absolute Gasteiger partial charge is 0.376 e. The number of hydrogen-bond acceptors (Lipinski definition) is 3. The van der Waals surface area contributed by atoms with Gasteiger partial charge in [-0.2, -0.15) is 0 Å². The molecule has 3 saturated carbocycles. The molecule has 0 amide bonds. The van der Waals surface area contributed by atoms with Gasteiger partial charge in [-0.1, -0.05) is 11.6 Å². The smallest absolute Gasteiger partial charge is 0.292 e. The van der Waals surface area contributed by atoms with Crippen LogP contribution in [0, 0.1) is 33.8 Å². The summed E-state index contributed by atoms with van der Waals surface area (Å²) in [6.45, 7) is 0. The van der Waals surface area contributed by atoms with Crippen molar-refractivity contribution in [3.05, 3.63) is 33.3 Å². The Kier molecular flexibility index (Phi) is 2.34. The first kappa shape index (κ1) is 11.5. The summed E-state index contributed by atoms with van der Waals surface area (Å²) >= 11 is 5.95. The molecular formula is C14H15ClN2O2. The minimum absolute atomic E-state index is 0.127. The number of nitrogens with one attached hydrogen (secondary N) is 1. The molecule has 19 heavy (non-hydrogen) atoms. The number of nitro benzene ring substituents is 1. The van der Waals surface area contributed by atoms with E-state index in [0.29, 0.717) is 16.8 Å². The summed E-state index contributed by atoms with van der Waals surface area (Å²) in [6.07, 6.45) is 4.08. The average Bonchev–Trinajstić information content (AvgIpc) is 2.78. The van der Waals surface area contributed by atoms with Crippen molar-refractivity contribution in [2.45, 2.75) is 25.3 Å². The molecule has 3 aliphatic rings. The number of benzene rings is 1. The quantitative estimate of drug-likeness (QED) is 0.677. The standard InChI is InChI=1S/C14H15ClN2O2/c15-9-3-4-11(17(18)19)10(6-9)16-14-12-7-1-2-8(5-7)13(12)14/h3-4,6-8,12-14,16H,1-2,5H2. The summed E-state index contributed by atoms with van der Waals surface area (Å²) in [5.41, 5.74) is 0.707. The zero-order valence-corrected chi connectivity index (χ0v) is 11.1. The Labute approximate surface area is 116 Å². The lowest BCUT2D eigenvalue weighted by molar-refractivity contribution is -0.384. The van der Waals surface area contributed by atoms with Gasteiger partial charge in [0.1, 0.15) is 5.69 Å². The molecule has 0 heterocycles. The van der Waals surface area contributed by atoms with E-state index in [1.165, 1.54) is 25.3 Å². The predicted molar refractivity (Wildman–Crippen MR) is 73.3 cm³/mol. The molecule has 1 N–H and O–H groups in total. The maximum absolute atomic E-state index is 11.0. The van der Waals surface area contributed by atoms with Gasteiger partial charge in [-0.15, -0.1) is 0 Å². The van der Waals surface area contributed by atoms with Crippen LogP contribution in [0.1, 0.15) is 19.3 Å². The van der Waals surface area contributed by atoms with Gasteiger partial charge in [0, 0.05) is 17.1 Å². The number of fused-ring (bicyclic) bond motifs is 5. The second-order valence-electron chi connectivity index (χ2n) is 6.08. The van der Waals surface area contributed by atoms with Crippen LogP contribution in [-0.4, -0.2) is 11.0 Å². The van der Waals surface area contributed by atoms with E-state index in [0.717, 1.165) is 23.7 Å². The third kappa shape index (κ3) is 1.66. The Morgan fingerprint density at radius 3 is 2.58 bits per heavy atom. The van der Waals surface area contributed by atoms with Crippen LogP contribution in [0.2, 0.25) is 5.02 Å². The van der Waals surface area contributed by atoms with Crippen molar-refractivity contribution in [3.8, 4) is 0 Å². The monoisotopic (exact) mass is 278 g/mol. The number of halogens is 1. The molecule has 4 unspecified atom stereocenters. The van der Waals surface area contributed by atoms with Crippen LogP contribution in [0.3, 0.4) is 0 Å². The molecule has 100 valence electrons. The van der Waals surface area contributed by atoms with Crippen LogP contribution < -0.4 is 5.32 Å². The number of anilines is 1. The molecule has 5 heteroatoms. The van der Waals surface area contributed by atoms with Gasteiger partial charge in [-0.3, -0.25) is 10.1 Å². The molecular weight excluding hydrogens is 264 g/mol. The van der Waals surface area contributed by atoms with E-state index in [1.54, 1.807) is 12.1 Å². The molecule has 0 radical (unpaired) electrons. The van der Waals surface area contributed by atoms with Crippen LogP contribution in [0.25, 0.3) is 0 Å². The Balaban J connectivity index is 1.58. The molecule has 4 rings (SSSR count). The van der Waals surface area contributed by atoms with Gasteiger partial charge in [0.15, 0.2) is 0 Å². The van der Waals surface area contributed by atoms with Crippen molar-refractivity contribution in [1.29, 1.82) is 0 Å². The van der Waals surface area contributed by atoms with Crippen molar-refractivity contribution >= 4 is 23.0 Å². The fourth-order valence-corrected chi connectivity index (χ4v) is 4.65. The van der Waals surface area contributed by atoms with E-state index in [-0.39, 0.29) is 10.6 Å². The first-order valence-corrected chi connectivity index (χ1v) is 7.23. The van der Waals surface area contributed by atoms with Gasteiger partial charge in [-0.25, -0.2) is 0 Å². The maximum atomic E-state index is 11.0. The van der Waals surface area contributed by atoms with Gasteiger partial charge in [0.25, 0.3) is 5.69 Å². The Bertz CT molecular complexity index is 546. The Hall–Kier alpha value is -1.29. The van der Waals surface area contributed by atoms with Crippen molar-refractivity contribution < 1.29 is 4.92 Å². The lowest BCUT2D eigenvalue weighted by atomic mass is 10.0. The fraction of sp³-hybridized carbons (Fsp3) is 0.571. The molecule has 1 aromatic rings. The van der Waals surface area contributed by atoms with Crippen molar-refractivity contribution in [3.63, 3.8) is 0 Å². The van der Waals surface area contributed by atoms with Gasteiger partial charge in [0.05, 0.1) is 4.92 Å². The molecule has 0 aromatic heterocycles. The third-order valence-electron chi connectivity index (χ3n) is 5.21. The highest BCUT2D eigenvalue weighted by Crippen LogP contribution is 2.66. The molecule has 4 atom stereocenters. The molecule has 3 fully saturated rings. The molecule has 3 aliphatic carbocycles. The zero-order chi connectivity index (χ0) is 13.1. The van der Waals surface area contributed by atoms with Crippen LogP contribution in [-0.2, 0) is 0 Å². The van der Waals surface area contributed by atoms with E-state index < -0.39 is 0 Å². The molecule has 0 spiro atoms. The van der Waals surface area contributed by atoms with E-state index in [4.69, 9.17) is 11.6 Å². The predicted octanol–water partition coefficient (Wildman–Crippen LogP) is 3.70. The van der Waals surface area contributed by atoms with E-state index >= 15 is 0 Å². The van der Waals surface area contributed by atoms with Crippen molar-refractivity contribution in [1.82, 2.24) is 0 Å². The Morgan fingerprint density at radius 1 is 1.26 bits per heavy atom. The average molecular weight is 279 g/mol. The van der Waals surface area contributed by atoms with E-state index in [1.807, 2.05) is 0 Å². The second-order valence-corrected chi connectivity index (χ2v) is 6.51. The summed E-state index contributed by atoms with van der Waals surface area (Å²) in [5.74, 6) is 3.20. The van der Waals surface area contributed by atoms with Crippen LogP contribution in [0.15, 0.2) is 18.2 Å². The summed E-state index contributed by atoms with van der Waals surface area (Å²) in [5, 5.41) is 15.0. The van der Waals surface area contributed by atoms with E-state index in [2.05, 4.69) is 5.32 Å². The third-order valence-corrected chi connectivity index (χ3v) is 5.45. The normalized spacial score (nSPS) is 38.1. The molecule has 0 aliphatic heterocycles. The van der Waals surface area contributed by atoms with Gasteiger partial charge >= 0.3 is 0 Å². The first-order chi connectivity index (χ1) is 9.15. The number of nitro groups is 1. The number of hydrogen-bond donors (Lipinski definition) is 1. The van der Waals surface area contributed by atoms with Crippen molar-refractivity contribution in [2.24, 2.45) is 23.7 Å². The maximum Gasteiger partial charge on any atom is 0.292 e. The lowest BCUT2D eigenvalue weighted by Crippen LogP contribution is -2.13. The summed E-state index contributed by atoms with van der Waals surface area (Å²) in [7, 11) is 0. The van der Waals surface area contributed by atoms with Crippen LogP contribution in [0.5, 0.6) is 0 Å². The summed E-state index contributed by atoms with van der Waals surface area (Å²) in [4.78, 5) is 10.7. The van der Waals surface area contributed by atoms with Gasteiger partial charge in [-0.05, 0) is 55.1 Å². The topological polar surface area (TPSA) is 55.2 Å². The minimum Gasteiger partial charge on any atom is -0.376 e. The molecule has 2 bridgehead atoms. The second kappa shape index (κ2) is 3.85.